The minimum absolute atomic E-state index is 0. The van der Waals surface area contributed by atoms with Crippen LogP contribution >= 0.6 is 12.4 Å². The van der Waals surface area contributed by atoms with Gasteiger partial charge in [0, 0.05) is 25.6 Å². The van der Waals surface area contributed by atoms with Crippen molar-refractivity contribution in [2.45, 2.75) is 38.6 Å². The molecule has 1 fully saturated rings. The number of piperidine rings is 1. The number of amides is 1. The van der Waals surface area contributed by atoms with E-state index in [9.17, 15) is 4.79 Å². The lowest BCUT2D eigenvalue weighted by atomic mass is 9.92. The van der Waals surface area contributed by atoms with Gasteiger partial charge in [-0.2, -0.15) is 0 Å². The first-order valence-electron chi connectivity index (χ1n) is 6.24. The van der Waals surface area contributed by atoms with E-state index in [2.05, 4.69) is 18.8 Å². The summed E-state index contributed by atoms with van der Waals surface area (Å²) in [6.45, 7) is 7.66. The summed E-state index contributed by atoms with van der Waals surface area (Å²) in [5.74, 6) is 0.544. The third-order valence-electron chi connectivity index (χ3n) is 3.25. The summed E-state index contributed by atoms with van der Waals surface area (Å²) in [4.78, 5) is 14.0. The molecular formula is C13H25ClN2O. The first-order chi connectivity index (χ1) is 7.65. The van der Waals surface area contributed by atoms with Gasteiger partial charge in [0.2, 0.25) is 5.91 Å². The molecule has 1 amide bonds. The van der Waals surface area contributed by atoms with E-state index in [1.54, 1.807) is 0 Å². The normalized spacial score (nSPS) is 23.6. The fourth-order valence-electron chi connectivity index (χ4n) is 2.25. The molecule has 0 spiro atoms. The predicted molar refractivity (Wildman–Crippen MR) is 74.5 cm³/mol. The summed E-state index contributed by atoms with van der Waals surface area (Å²) in [5, 5.41) is 3.37. The van der Waals surface area contributed by atoms with Crippen LogP contribution in [0.4, 0.5) is 0 Å². The largest absolute Gasteiger partial charge is 0.346 e. The lowest BCUT2D eigenvalue weighted by molar-refractivity contribution is -0.135. The number of carbonyl (C=O) groups excluding carboxylic acids is 1. The fourth-order valence-corrected chi connectivity index (χ4v) is 2.25. The second-order valence-corrected chi connectivity index (χ2v) is 4.77. The Kier molecular flexibility index (Phi) is 8.26. The molecule has 1 saturated heterocycles. The third-order valence-corrected chi connectivity index (χ3v) is 3.25. The molecule has 1 rings (SSSR count). The Morgan fingerprint density at radius 3 is 2.88 bits per heavy atom. The van der Waals surface area contributed by atoms with Gasteiger partial charge in [-0.3, -0.25) is 4.79 Å². The Hall–Kier alpha value is -0.540. The summed E-state index contributed by atoms with van der Waals surface area (Å²) in [6.07, 6.45) is 5.87. The number of hydrogen-bond donors (Lipinski definition) is 1. The maximum absolute atomic E-state index is 12.1. The van der Waals surface area contributed by atoms with Crippen LogP contribution in [-0.2, 0) is 4.79 Å². The number of halogens is 1. The van der Waals surface area contributed by atoms with Gasteiger partial charge in [0.05, 0.1) is 0 Å². The summed E-state index contributed by atoms with van der Waals surface area (Å²) in [5.41, 5.74) is 0. The van der Waals surface area contributed by atoms with Crippen LogP contribution in [-0.4, -0.2) is 37.0 Å². The highest BCUT2D eigenvalue weighted by molar-refractivity contribution is 5.85. The molecule has 0 aromatic rings. The van der Waals surface area contributed by atoms with Crippen molar-refractivity contribution in [1.29, 1.82) is 0 Å². The van der Waals surface area contributed by atoms with Crippen molar-refractivity contribution in [2.75, 3.05) is 20.1 Å². The molecule has 2 atom stereocenters. The van der Waals surface area contributed by atoms with Crippen LogP contribution in [0.3, 0.4) is 0 Å². The summed E-state index contributed by atoms with van der Waals surface area (Å²) in [6, 6.07) is 0.476. The van der Waals surface area contributed by atoms with E-state index in [4.69, 9.17) is 0 Å². The van der Waals surface area contributed by atoms with Crippen LogP contribution in [0.1, 0.15) is 32.6 Å². The van der Waals surface area contributed by atoms with E-state index in [1.165, 1.54) is 0 Å². The maximum atomic E-state index is 12.1. The Labute approximate surface area is 111 Å². The average molecular weight is 261 g/mol. The minimum Gasteiger partial charge on any atom is -0.346 e. The van der Waals surface area contributed by atoms with Crippen LogP contribution in [0.15, 0.2) is 12.7 Å². The molecule has 0 aliphatic carbocycles. The molecule has 17 heavy (non-hydrogen) atoms. The van der Waals surface area contributed by atoms with Gasteiger partial charge in [0.25, 0.3) is 0 Å². The van der Waals surface area contributed by atoms with Crippen molar-refractivity contribution < 1.29 is 4.79 Å². The van der Waals surface area contributed by atoms with E-state index in [-0.39, 0.29) is 18.3 Å². The van der Waals surface area contributed by atoms with E-state index in [1.807, 2.05) is 18.0 Å². The Balaban J connectivity index is 0.00000256. The monoisotopic (exact) mass is 260 g/mol. The molecule has 0 bridgehead atoms. The lowest BCUT2D eigenvalue weighted by Crippen LogP contribution is -2.43. The zero-order chi connectivity index (χ0) is 12.0. The van der Waals surface area contributed by atoms with Crippen LogP contribution < -0.4 is 5.32 Å². The Morgan fingerprint density at radius 2 is 2.29 bits per heavy atom. The van der Waals surface area contributed by atoms with Crippen LogP contribution in [0.25, 0.3) is 0 Å². The van der Waals surface area contributed by atoms with Gasteiger partial charge in [-0.05, 0) is 39.2 Å². The number of nitrogens with one attached hydrogen (secondary N) is 1. The van der Waals surface area contributed by atoms with Crippen molar-refractivity contribution in [2.24, 2.45) is 5.92 Å². The molecule has 0 saturated carbocycles. The van der Waals surface area contributed by atoms with Crippen molar-refractivity contribution in [3.63, 3.8) is 0 Å². The smallest absolute Gasteiger partial charge is 0.225 e. The fraction of sp³-hybridized carbons (Fsp3) is 0.769. The predicted octanol–water partition coefficient (Wildman–Crippen LogP) is 2.22. The highest BCUT2D eigenvalue weighted by Crippen LogP contribution is 2.18. The highest BCUT2D eigenvalue weighted by Gasteiger charge is 2.26. The maximum Gasteiger partial charge on any atom is 0.225 e. The number of allylic oxidation sites excluding steroid dienone is 1. The molecule has 0 aromatic carbocycles. The van der Waals surface area contributed by atoms with Crippen molar-refractivity contribution in [3.05, 3.63) is 12.7 Å². The zero-order valence-electron chi connectivity index (χ0n) is 10.9. The van der Waals surface area contributed by atoms with Gasteiger partial charge in [0.1, 0.15) is 0 Å². The number of unbranched alkanes of at least 4 members (excludes halogenated alkanes) is 1. The minimum atomic E-state index is 0. The van der Waals surface area contributed by atoms with Gasteiger partial charge in [0.15, 0.2) is 0 Å². The molecule has 0 aromatic heterocycles. The van der Waals surface area contributed by atoms with Gasteiger partial charge in [-0.15, -0.1) is 19.0 Å². The van der Waals surface area contributed by atoms with E-state index in [0.29, 0.717) is 11.9 Å². The number of rotatable bonds is 5. The molecule has 4 heteroatoms. The van der Waals surface area contributed by atoms with Crippen molar-refractivity contribution in [3.8, 4) is 0 Å². The molecular weight excluding hydrogens is 236 g/mol. The molecule has 0 unspecified atom stereocenters. The molecule has 1 aliphatic heterocycles. The van der Waals surface area contributed by atoms with Crippen LogP contribution in [0.5, 0.6) is 0 Å². The highest BCUT2D eigenvalue weighted by atomic mass is 35.5. The van der Waals surface area contributed by atoms with Crippen molar-refractivity contribution >= 4 is 18.3 Å². The molecule has 1 heterocycles. The second kappa shape index (κ2) is 8.54. The second-order valence-electron chi connectivity index (χ2n) is 4.77. The van der Waals surface area contributed by atoms with Gasteiger partial charge in [-0.1, -0.05) is 6.08 Å². The molecule has 0 radical (unpaired) electrons. The topological polar surface area (TPSA) is 32.3 Å². The molecule has 1 N–H and O–H groups in total. The van der Waals surface area contributed by atoms with Gasteiger partial charge >= 0.3 is 0 Å². The standard InChI is InChI=1S/C13H24N2O.ClH/c1-4-5-6-9-15(3)13(16)12-7-8-14-11(2)10-12;/h4,11-12,14H,1,5-10H2,2-3H3;1H/t11-,12-;/m0./s1. The van der Waals surface area contributed by atoms with Crippen molar-refractivity contribution in [1.82, 2.24) is 10.2 Å². The van der Waals surface area contributed by atoms with Gasteiger partial charge < -0.3 is 10.2 Å². The van der Waals surface area contributed by atoms with E-state index < -0.39 is 0 Å². The Morgan fingerprint density at radius 1 is 1.59 bits per heavy atom. The quantitative estimate of drug-likeness (QED) is 0.607. The Bertz CT molecular complexity index is 246. The van der Waals surface area contributed by atoms with E-state index in [0.717, 1.165) is 38.8 Å². The number of carbonyl (C=O) groups is 1. The first kappa shape index (κ1) is 16.5. The molecule has 1 aliphatic rings. The SMILES string of the molecule is C=CCCCN(C)C(=O)[C@H]1CCN[C@@H](C)C1.Cl. The average Bonchev–Trinajstić information content (AvgIpc) is 2.28. The zero-order valence-corrected chi connectivity index (χ0v) is 11.8. The molecule has 3 nitrogen and oxygen atoms in total. The number of nitrogens with zero attached hydrogens (tertiary/aromatic N) is 1. The number of hydrogen-bond acceptors (Lipinski definition) is 2. The lowest BCUT2D eigenvalue weighted by Gasteiger charge is -2.30. The first-order valence-corrected chi connectivity index (χ1v) is 6.24. The third kappa shape index (κ3) is 5.55. The summed E-state index contributed by atoms with van der Waals surface area (Å²) < 4.78 is 0. The van der Waals surface area contributed by atoms with Gasteiger partial charge in [-0.25, -0.2) is 0 Å². The molecule has 100 valence electrons. The summed E-state index contributed by atoms with van der Waals surface area (Å²) >= 11 is 0. The van der Waals surface area contributed by atoms with Crippen LogP contribution in [0.2, 0.25) is 0 Å². The van der Waals surface area contributed by atoms with E-state index >= 15 is 0 Å². The van der Waals surface area contributed by atoms with Crippen LogP contribution in [0, 0.1) is 5.92 Å². The summed E-state index contributed by atoms with van der Waals surface area (Å²) in [7, 11) is 1.91.